The topological polar surface area (TPSA) is 4.93 Å². The van der Waals surface area contributed by atoms with Gasteiger partial charge in [-0.05, 0) is 62.9 Å². The highest BCUT2D eigenvalue weighted by Crippen LogP contribution is 2.48. The van der Waals surface area contributed by atoms with E-state index in [-0.39, 0.29) is 0 Å². The summed E-state index contributed by atoms with van der Waals surface area (Å²) >= 11 is 0. The Balaban J connectivity index is 1.79. The Kier molecular flexibility index (Phi) is 3.10. The van der Waals surface area contributed by atoms with E-state index in [1.807, 2.05) is 0 Å². The molecule has 0 aliphatic heterocycles. The lowest BCUT2D eigenvalue weighted by Gasteiger charge is -2.12. The van der Waals surface area contributed by atoms with Crippen LogP contribution >= 0.6 is 0 Å². The molecular formula is C29H21N. The Hall–Kier alpha value is -3.58. The molecule has 142 valence electrons. The second kappa shape index (κ2) is 5.73. The van der Waals surface area contributed by atoms with Gasteiger partial charge < -0.3 is 4.57 Å². The summed E-state index contributed by atoms with van der Waals surface area (Å²) in [7, 11) is 0. The average molecular weight is 383 g/mol. The molecule has 7 rings (SSSR count). The van der Waals surface area contributed by atoms with Gasteiger partial charge in [0.05, 0.1) is 5.52 Å². The number of fused-ring (bicyclic) bond motifs is 11. The molecule has 0 fully saturated rings. The third-order valence-electron chi connectivity index (χ3n) is 6.95. The summed E-state index contributed by atoms with van der Waals surface area (Å²) in [6.07, 6.45) is 1.02. The summed E-state index contributed by atoms with van der Waals surface area (Å²) in [4.78, 5) is 0. The highest BCUT2D eigenvalue weighted by molar-refractivity contribution is 6.27. The number of aromatic nitrogens is 1. The minimum atomic E-state index is 0.972. The number of nitrogens with zero attached hydrogens (tertiary/aromatic N) is 1. The Bertz CT molecular complexity index is 1650. The fourth-order valence-electron chi connectivity index (χ4n) is 5.74. The Labute approximate surface area is 175 Å². The molecule has 1 heterocycles. The van der Waals surface area contributed by atoms with Gasteiger partial charge in [0.25, 0.3) is 0 Å². The lowest BCUT2D eigenvalue weighted by atomic mass is 9.93. The van der Waals surface area contributed by atoms with Crippen LogP contribution in [-0.2, 0) is 13.0 Å². The molecule has 0 saturated heterocycles. The zero-order chi connectivity index (χ0) is 19.8. The van der Waals surface area contributed by atoms with Crippen molar-refractivity contribution in [3.63, 3.8) is 0 Å². The first-order valence-electron chi connectivity index (χ1n) is 10.8. The third-order valence-corrected chi connectivity index (χ3v) is 6.95. The van der Waals surface area contributed by atoms with Gasteiger partial charge in [-0.25, -0.2) is 0 Å². The Morgan fingerprint density at radius 2 is 1.43 bits per heavy atom. The smallest absolute Gasteiger partial charge is 0.0540 e. The standard InChI is InChI=1S/C29H21N/c1-2-30-26-17-19-10-4-3-9-18(19)15-24(26)28-23-14-8-7-13-22(23)27-21-12-6-5-11-20(21)16-25(27)29(28)30/h3-15,17H,2,16H2,1H3. The van der Waals surface area contributed by atoms with Gasteiger partial charge in [0.15, 0.2) is 0 Å². The molecule has 6 aromatic rings. The van der Waals surface area contributed by atoms with Crippen LogP contribution in [0, 0.1) is 0 Å². The predicted octanol–water partition coefficient (Wildman–Crippen LogP) is 7.69. The van der Waals surface area contributed by atoms with Crippen molar-refractivity contribution in [1.82, 2.24) is 4.57 Å². The van der Waals surface area contributed by atoms with Crippen molar-refractivity contribution in [3.05, 3.63) is 96.1 Å². The molecule has 0 N–H and O–H groups in total. The first kappa shape index (κ1) is 16.2. The second-order valence-corrected chi connectivity index (χ2v) is 8.42. The van der Waals surface area contributed by atoms with Gasteiger partial charge in [-0.3, -0.25) is 0 Å². The lowest BCUT2D eigenvalue weighted by molar-refractivity contribution is 0.824. The van der Waals surface area contributed by atoms with Crippen LogP contribution < -0.4 is 0 Å². The number of rotatable bonds is 1. The van der Waals surface area contributed by atoms with Gasteiger partial charge in [0, 0.05) is 29.3 Å². The van der Waals surface area contributed by atoms with Crippen LogP contribution in [0.15, 0.2) is 84.9 Å². The molecule has 1 heteroatoms. The fraction of sp³-hybridized carbons (Fsp3) is 0.103. The minimum Gasteiger partial charge on any atom is -0.340 e. The summed E-state index contributed by atoms with van der Waals surface area (Å²) in [5.41, 5.74) is 8.56. The summed E-state index contributed by atoms with van der Waals surface area (Å²) in [6.45, 7) is 3.25. The van der Waals surface area contributed by atoms with Gasteiger partial charge in [0.1, 0.15) is 0 Å². The largest absolute Gasteiger partial charge is 0.340 e. The molecule has 1 aliphatic rings. The minimum absolute atomic E-state index is 0.972. The monoisotopic (exact) mass is 383 g/mol. The lowest BCUT2D eigenvalue weighted by Crippen LogP contribution is -1.97. The van der Waals surface area contributed by atoms with Gasteiger partial charge >= 0.3 is 0 Å². The predicted molar refractivity (Wildman–Crippen MR) is 128 cm³/mol. The van der Waals surface area contributed by atoms with Crippen LogP contribution in [0.25, 0.3) is 54.5 Å². The van der Waals surface area contributed by atoms with Crippen molar-refractivity contribution in [2.45, 2.75) is 19.9 Å². The fourth-order valence-corrected chi connectivity index (χ4v) is 5.74. The molecule has 0 bridgehead atoms. The molecule has 0 amide bonds. The van der Waals surface area contributed by atoms with Crippen LogP contribution in [0.2, 0.25) is 0 Å². The van der Waals surface area contributed by atoms with Crippen molar-refractivity contribution in [2.24, 2.45) is 0 Å². The van der Waals surface area contributed by atoms with Gasteiger partial charge in [-0.1, -0.05) is 72.8 Å². The zero-order valence-corrected chi connectivity index (χ0v) is 16.9. The molecule has 30 heavy (non-hydrogen) atoms. The maximum absolute atomic E-state index is 2.55. The highest BCUT2D eigenvalue weighted by Gasteiger charge is 2.27. The van der Waals surface area contributed by atoms with E-state index in [2.05, 4.69) is 96.4 Å². The molecule has 0 spiro atoms. The zero-order valence-electron chi connectivity index (χ0n) is 16.9. The van der Waals surface area contributed by atoms with Crippen LogP contribution in [0.4, 0.5) is 0 Å². The molecule has 0 unspecified atom stereocenters. The van der Waals surface area contributed by atoms with E-state index in [1.54, 1.807) is 0 Å². The molecule has 1 nitrogen and oxygen atoms in total. The maximum Gasteiger partial charge on any atom is 0.0540 e. The van der Waals surface area contributed by atoms with Crippen LogP contribution in [0.1, 0.15) is 18.1 Å². The van der Waals surface area contributed by atoms with Gasteiger partial charge in [0.2, 0.25) is 0 Å². The molecule has 0 radical (unpaired) electrons. The summed E-state index contributed by atoms with van der Waals surface area (Å²) < 4.78 is 2.55. The normalized spacial score (nSPS) is 12.8. The van der Waals surface area contributed by atoms with E-state index >= 15 is 0 Å². The van der Waals surface area contributed by atoms with E-state index in [0.29, 0.717) is 0 Å². The highest BCUT2D eigenvalue weighted by atomic mass is 15.0. The summed E-state index contributed by atoms with van der Waals surface area (Å²) in [6, 6.07) is 31.5. The van der Waals surface area contributed by atoms with E-state index < -0.39 is 0 Å². The molecule has 1 aliphatic carbocycles. The van der Waals surface area contributed by atoms with Crippen molar-refractivity contribution < 1.29 is 0 Å². The number of benzene rings is 5. The molecule has 0 saturated carbocycles. The van der Waals surface area contributed by atoms with E-state index in [0.717, 1.165) is 13.0 Å². The van der Waals surface area contributed by atoms with E-state index in [1.165, 1.54) is 65.6 Å². The summed E-state index contributed by atoms with van der Waals surface area (Å²) in [5.74, 6) is 0. The first-order valence-corrected chi connectivity index (χ1v) is 10.8. The van der Waals surface area contributed by atoms with E-state index in [9.17, 15) is 0 Å². The van der Waals surface area contributed by atoms with Crippen LogP contribution in [0.5, 0.6) is 0 Å². The summed E-state index contributed by atoms with van der Waals surface area (Å²) in [5, 5.41) is 8.17. The van der Waals surface area contributed by atoms with Gasteiger partial charge in [-0.2, -0.15) is 0 Å². The molecule has 5 aromatic carbocycles. The number of hydrogen-bond acceptors (Lipinski definition) is 0. The van der Waals surface area contributed by atoms with Crippen LogP contribution in [-0.4, -0.2) is 4.57 Å². The second-order valence-electron chi connectivity index (χ2n) is 8.42. The van der Waals surface area contributed by atoms with Crippen molar-refractivity contribution in [1.29, 1.82) is 0 Å². The van der Waals surface area contributed by atoms with E-state index in [4.69, 9.17) is 0 Å². The SMILES string of the molecule is CCn1c2cc3ccccc3cc2c2c3ccccc3c3c(c21)Cc1ccccc1-3. The third kappa shape index (κ3) is 1.92. The van der Waals surface area contributed by atoms with Crippen LogP contribution in [0.3, 0.4) is 0 Å². The Morgan fingerprint density at radius 1 is 0.733 bits per heavy atom. The average Bonchev–Trinajstić information content (AvgIpc) is 3.33. The molecular weight excluding hydrogens is 362 g/mol. The number of aryl methyl sites for hydroxylation is 1. The Morgan fingerprint density at radius 3 is 2.27 bits per heavy atom. The maximum atomic E-state index is 2.55. The van der Waals surface area contributed by atoms with Crippen molar-refractivity contribution in [3.8, 4) is 11.1 Å². The number of hydrogen-bond donors (Lipinski definition) is 0. The molecule has 1 aromatic heterocycles. The quantitative estimate of drug-likeness (QED) is 0.274. The van der Waals surface area contributed by atoms with Crippen molar-refractivity contribution in [2.75, 3.05) is 0 Å². The van der Waals surface area contributed by atoms with Crippen molar-refractivity contribution >= 4 is 43.4 Å². The molecule has 0 atom stereocenters. The first-order chi connectivity index (χ1) is 14.8. The van der Waals surface area contributed by atoms with Gasteiger partial charge in [-0.15, -0.1) is 0 Å².